The van der Waals surface area contributed by atoms with Gasteiger partial charge in [-0.05, 0) is 6.92 Å². The van der Waals surface area contributed by atoms with Gasteiger partial charge >= 0.3 is 0 Å². The molecule has 0 bridgehead atoms. The predicted octanol–water partition coefficient (Wildman–Crippen LogP) is -0.566. The number of aliphatic hydroxyl groups is 1. The summed E-state index contributed by atoms with van der Waals surface area (Å²) in [5.41, 5.74) is -0.235. The number of nitriles is 1. The first-order valence-electron chi connectivity index (χ1n) is 4.04. The van der Waals surface area contributed by atoms with Crippen molar-refractivity contribution in [3.63, 3.8) is 0 Å². The Morgan fingerprint density at radius 1 is 1.86 bits per heavy atom. The van der Waals surface area contributed by atoms with Gasteiger partial charge in [-0.1, -0.05) is 0 Å². The van der Waals surface area contributed by atoms with Crippen LogP contribution < -0.4 is 10.9 Å². The molecule has 1 atom stereocenters. The molecule has 0 spiro atoms. The van der Waals surface area contributed by atoms with Crippen molar-refractivity contribution in [2.45, 2.75) is 13.0 Å². The molecule has 14 heavy (non-hydrogen) atoms. The first-order chi connectivity index (χ1) is 6.69. The highest BCUT2D eigenvalue weighted by molar-refractivity contribution is 5.54. The molecule has 0 saturated heterocycles. The minimum Gasteiger partial charge on any atom is -0.394 e. The number of hydrogen-bond acceptors (Lipinski definition) is 5. The van der Waals surface area contributed by atoms with Crippen molar-refractivity contribution in [1.29, 1.82) is 5.26 Å². The summed E-state index contributed by atoms with van der Waals surface area (Å²) in [6.45, 7) is 1.64. The molecule has 1 rings (SSSR count). The molecule has 0 unspecified atom stereocenters. The Morgan fingerprint density at radius 3 is 3.14 bits per heavy atom. The topological polar surface area (TPSA) is 102 Å². The summed E-state index contributed by atoms with van der Waals surface area (Å²) in [4.78, 5) is 11.1. The van der Waals surface area contributed by atoms with E-state index in [2.05, 4.69) is 15.5 Å². The SMILES string of the molecule is C[C@H](CO)Nc1cn[nH]c(=O)c1C#N. The highest BCUT2D eigenvalue weighted by Crippen LogP contribution is 2.08. The molecule has 0 fully saturated rings. The van der Waals surface area contributed by atoms with Gasteiger partial charge in [0.05, 0.1) is 18.5 Å². The molecule has 0 radical (unpaired) electrons. The molecule has 1 heterocycles. The number of anilines is 1. The van der Waals surface area contributed by atoms with E-state index in [1.807, 2.05) is 0 Å². The third kappa shape index (κ3) is 2.08. The van der Waals surface area contributed by atoms with Crippen LogP contribution in [0.1, 0.15) is 12.5 Å². The van der Waals surface area contributed by atoms with Crippen molar-refractivity contribution in [3.05, 3.63) is 22.1 Å². The van der Waals surface area contributed by atoms with E-state index in [0.29, 0.717) is 5.69 Å². The predicted molar refractivity (Wildman–Crippen MR) is 49.7 cm³/mol. The van der Waals surface area contributed by atoms with E-state index in [1.54, 1.807) is 13.0 Å². The fourth-order valence-corrected chi connectivity index (χ4v) is 0.930. The lowest BCUT2D eigenvalue weighted by atomic mass is 10.2. The molecule has 3 N–H and O–H groups in total. The van der Waals surface area contributed by atoms with Crippen molar-refractivity contribution in [3.8, 4) is 6.07 Å². The molecule has 0 aliphatic carbocycles. The zero-order chi connectivity index (χ0) is 10.6. The Kier molecular flexibility index (Phi) is 3.20. The Morgan fingerprint density at radius 2 is 2.57 bits per heavy atom. The number of aromatic amines is 1. The van der Waals surface area contributed by atoms with Gasteiger partial charge in [-0.15, -0.1) is 0 Å². The molecule has 1 aromatic rings. The Bertz CT molecular complexity index is 407. The molecular weight excluding hydrogens is 184 g/mol. The molecule has 0 aromatic carbocycles. The normalized spacial score (nSPS) is 11.8. The summed E-state index contributed by atoms with van der Waals surface area (Å²) >= 11 is 0. The van der Waals surface area contributed by atoms with E-state index >= 15 is 0 Å². The van der Waals surface area contributed by atoms with Crippen LogP contribution in [0.2, 0.25) is 0 Å². The van der Waals surface area contributed by atoms with Gasteiger partial charge in [0.15, 0.2) is 0 Å². The smallest absolute Gasteiger partial charge is 0.284 e. The van der Waals surface area contributed by atoms with Gasteiger partial charge in [0, 0.05) is 6.04 Å². The average molecular weight is 194 g/mol. The molecule has 1 aromatic heterocycles. The van der Waals surface area contributed by atoms with Gasteiger partial charge in [0.2, 0.25) is 0 Å². The third-order valence-corrected chi connectivity index (χ3v) is 1.64. The summed E-state index contributed by atoms with van der Waals surface area (Å²) in [6.07, 6.45) is 1.34. The summed E-state index contributed by atoms with van der Waals surface area (Å²) in [7, 11) is 0. The molecule has 6 heteroatoms. The maximum atomic E-state index is 11.1. The van der Waals surface area contributed by atoms with Crippen LogP contribution in [-0.4, -0.2) is 28.0 Å². The number of nitrogens with one attached hydrogen (secondary N) is 2. The Labute approximate surface area is 80.2 Å². The minimum absolute atomic E-state index is 0.0275. The van der Waals surface area contributed by atoms with E-state index < -0.39 is 5.56 Å². The standard InChI is InChI=1S/C8H10N4O2/c1-5(4-13)11-7-3-10-12-8(14)6(7)2-9/h3,5,13H,4H2,1H3,(H2,11,12,14)/t5-/m1/s1. The fraction of sp³-hybridized carbons (Fsp3) is 0.375. The van der Waals surface area contributed by atoms with Gasteiger partial charge in [0.25, 0.3) is 5.56 Å². The van der Waals surface area contributed by atoms with Gasteiger partial charge < -0.3 is 10.4 Å². The molecule has 6 nitrogen and oxygen atoms in total. The fourth-order valence-electron chi connectivity index (χ4n) is 0.930. The minimum atomic E-state index is -0.539. The Balaban J connectivity index is 3.04. The van der Waals surface area contributed by atoms with Gasteiger partial charge in [-0.25, -0.2) is 5.10 Å². The van der Waals surface area contributed by atoms with Crippen LogP contribution in [0.4, 0.5) is 5.69 Å². The second-order valence-electron chi connectivity index (χ2n) is 2.83. The highest BCUT2D eigenvalue weighted by Gasteiger charge is 2.08. The molecule has 0 aliphatic heterocycles. The number of H-pyrrole nitrogens is 1. The maximum absolute atomic E-state index is 11.1. The molecule has 0 saturated carbocycles. The monoisotopic (exact) mass is 194 g/mol. The van der Waals surface area contributed by atoms with E-state index in [-0.39, 0.29) is 18.2 Å². The van der Waals surface area contributed by atoms with Gasteiger partial charge in [0.1, 0.15) is 11.6 Å². The number of hydrogen-bond donors (Lipinski definition) is 3. The van der Waals surface area contributed by atoms with Crippen LogP contribution in [0.3, 0.4) is 0 Å². The van der Waals surface area contributed by atoms with Crippen molar-refractivity contribution in [2.75, 3.05) is 11.9 Å². The quantitative estimate of drug-likeness (QED) is 0.598. The summed E-state index contributed by atoms with van der Waals surface area (Å²) in [6, 6.07) is 1.53. The van der Waals surface area contributed by atoms with Gasteiger partial charge in [-0.3, -0.25) is 4.79 Å². The number of rotatable bonds is 3. The van der Waals surface area contributed by atoms with E-state index in [1.165, 1.54) is 6.20 Å². The first-order valence-corrected chi connectivity index (χ1v) is 4.04. The second-order valence-corrected chi connectivity index (χ2v) is 2.83. The van der Waals surface area contributed by atoms with Crippen molar-refractivity contribution < 1.29 is 5.11 Å². The number of aliphatic hydroxyl groups excluding tert-OH is 1. The van der Waals surface area contributed by atoms with E-state index in [9.17, 15) is 4.79 Å². The van der Waals surface area contributed by atoms with Crippen molar-refractivity contribution >= 4 is 5.69 Å². The lowest BCUT2D eigenvalue weighted by Crippen LogP contribution is -2.23. The lowest BCUT2D eigenvalue weighted by Gasteiger charge is -2.11. The van der Waals surface area contributed by atoms with Crippen LogP contribution >= 0.6 is 0 Å². The highest BCUT2D eigenvalue weighted by atomic mass is 16.3. The maximum Gasteiger partial charge on any atom is 0.284 e. The lowest BCUT2D eigenvalue weighted by molar-refractivity contribution is 0.281. The summed E-state index contributed by atoms with van der Waals surface area (Å²) < 4.78 is 0. The van der Waals surface area contributed by atoms with E-state index in [0.717, 1.165) is 0 Å². The third-order valence-electron chi connectivity index (χ3n) is 1.64. The molecular formula is C8H10N4O2. The second kappa shape index (κ2) is 4.39. The zero-order valence-corrected chi connectivity index (χ0v) is 7.61. The molecule has 0 aliphatic rings. The molecule has 0 amide bonds. The largest absolute Gasteiger partial charge is 0.394 e. The summed E-state index contributed by atoms with van der Waals surface area (Å²) in [5.74, 6) is 0. The van der Waals surface area contributed by atoms with Crippen LogP contribution in [0.25, 0.3) is 0 Å². The zero-order valence-electron chi connectivity index (χ0n) is 7.61. The van der Waals surface area contributed by atoms with Crippen LogP contribution in [-0.2, 0) is 0 Å². The van der Waals surface area contributed by atoms with Crippen molar-refractivity contribution in [2.24, 2.45) is 0 Å². The average Bonchev–Trinajstić information content (AvgIpc) is 2.18. The van der Waals surface area contributed by atoms with Crippen molar-refractivity contribution in [1.82, 2.24) is 10.2 Å². The van der Waals surface area contributed by atoms with Crippen LogP contribution in [0, 0.1) is 11.3 Å². The molecule has 74 valence electrons. The van der Waals surface area contributed by atoms with E-state index in [4.69, 9.17) is 10.4 Å². The van der Waals surface area contributed by atoms with Crippen LogP contribution in [0.5, 0.6) is 0 Å². The number of aromatic nitrogens is 2. The first kappa shape index (κ1) is 10.2. The summed E-state index contributed by atoms with van der Waals surface area (Å²) in [5, 5.41) is 26.0. The van der Waals surface area contributed by atoms with Gasteiger partial charge in [-0.2, -0.15) is 10.4 Å². The Hall–Kier alpha value is -1.87. The van der Waals surface area contributed by atoms with Crippen LogP contribution in [0.15, 0.2) is 11.0 Å². The number of nitrogens with zero attached hydrogens (tertiary/aromatic N) is 2.